The molecule has 25 heavy (non-hydrogen) atoms. The van der Waals surface area contributed by atoms with Gasteiger partial charge in [-0.1, -0.05) is 6.42 Å². The van der Waals surface area contributed by atoms with Crippen molar-refractivity contribution in [3.63, 3.8) is 0 Å². The highest BCUT2D eigenvalue weighted by molar-refractivity contribution is 7.14. The number of hydrogen-bond acceptors (Lipinski definition) is 6. The molecule has 1 heterocycles. The van der Waals surface area contributed by atoms with Gasteiger partial charge in [0.2, 0.25) is 0 Å². The fourth-order valence-electron chi connectivity index (χ4n) is 3.70. The normalized spacial score (nSPS) is 26.4. The van der Waals surface area contributed by atoms with Gasteiger partial charge in [-0.3, -0.25) is 14.4 Å². The summed E-state index contributed by atoms with van der Waals surface area (Å²) in [5.74, 6) is -0.933. The van der Waals surface area contributed by atoms with Gasteiger partial charge in [0.1, 0.15) is 16.9 Å². The van der Waals surface area contributed by atoms with Crippen LogP contribution in [0.2, 0.25) is 0 Å². The SMILES string of the molecule is C[C@@H](OC(=O)C1C[C@H]2CCC[C@@H](C1)C2=O)C(=O)Nc1sccc1C#N. The number of rotatable bonds is 4. The topological polar surface area (TPSA) is 96.3 Å². The molecule has 7 heteroatoms. The van der Waals surface area contributed by atoms with E-state index in [1.165, 1.54) is 18.3 Å². The lowest BCUT2D eigenvalue weighted by Gasteiger charge is -2.36. The lowest BCUT2D eigenvalue weighted by atomic mass is 9.67. The lowest BCUT2D eigenvalue weighted by molar-refractivity contribution is -0.161. The van der Waals surface area contributed by atoms with Crippen molar-refractivity contribution in [2.45, 2.75) is 45.1 Å². The fourth-order valence-corrected chi connectivity index (χ4v) is 4.44. The number of thiophene rings is 1. The van der Waals surface area contributed by atoms with Gasteiger partial charge in [0, 0.05) is 11.8 Å². The molecular weight excluding hydrogens is 340 g/mol. The van der Waals surface area contributed by atoms with Crippen LogP contribution in [0.3, 0.4) is 0 Å². The standard InChI is InChI=1S/C18H20N2O4S/c1-10(16(22)20-17-13(9-19)5-6-25-17)24-18(23)14-7-11-3-2-4-12(8-14)15(11)21/h5-6,10-12,14H,2-4,7-8H2,1H3,(H,20,22)/t10-,11-,12+,14?/m1/s1. The number of carbonyl (C=O) groups is 3. The summed E-state index contributed by atoms with van der Waals surface area (Å²) in [6.45, 7) is 1.52. The summed E-state index contributed by atoms with van der Waals surface area (Å²) in [5.41, 5.74) is 0.385. The Morgan fingerprint density at radius 3 is 2.68 bits per heavy atom. The van der Waals surface area contributed by atoms with Gasteiger partial charge in [0.25, 0.3) is 5.91 Å². The molecule has 0 spiro atoms. The molecule has 2 bridgehead atoms. The van der Waals surface area contributed by atoms with Gasteiger partial charge >= 0.3 is 5.97 Å². The molecule has 1 aromatic rings. The van der Waals surface area contributed by atoms with Crippen LogP contribution in [0.25, 0.3) is 0 Å². The molecule has 0 aromatic carbocycles. The molecule has 1 amide bonds. The van der Waals surface area contributed by atoms with Crippen molar-refractivity contribution in [2.75, 3.05) is 5.32 Å². The number of ketones is 1. The Hall–Kier alpha value is -2.20. The number of Topliss-reactive ketones (excluding diaryl/α,β-unsaturated/α-hetero) is 1. The summed E-state index contributed by atoms with van der Waals surface area (Å²) in [4.78, 5) is 36.7. The molecule has 1 N–H and O–H groups in total. The zero-order chi connectivity index (χ0) is 18.0. The maximum Gasteiger partial charge on any atom is 0.309 e. The predicted octanol–water partition coefficient (Wildman–Crippen LogP) is 2.89. The number of nitrogens with zero attached hydrogens (tertiary/aromatic N) is 1. The fraction of sp³-hybridized carbons (Fsp3) is 0.556. The lowest BCUT2D eigenvalue weighted by Crippen LogP contribution is -2.41. The smallest absolute Gasteiger partial charge is 0.309 e. The van der Waals surface area contributed by atoms with Crippen LogP contribution in [0, 0.1) is 29.1 Å². The Kier molecular flexibility index (Phi) is 5.19. The molecule has 2 aliphatic carbocycles. The number of nitriles is 1. The van der Waals surface area contributed by atoms with Crippen LogP contribution in [0.1, 0.15) is 44.6 Å². The Labute approximate surface area is 150 Å². The van der Waals surface area contributed by atoms with Crippen LogP contribution >= 0.6 is 11.3 Å². The van der Waals surface area contributed by atoms with Crippen molar-refractivity contribution in [2.24, 2.45) is 17.8 Å². The summed E-state index contributed by atoms with van der Waals surface area (Å²) in [7, 11) is 0. The van der Waals surface area contributed by atoms with E-state index in [0.717, 1.165) is 19.3 Å². The molecule has 2 fully saturated rings. The van der Waals surface area contributed by atoms with E-state index in [1.54, 1.807) is 11.4 Å². The molecule has 1 aromatic heterocycles. The Bertz CT molecular complexity index is 720. The first-order valence-electron chi connectivity index (χ1n) is 8.52. The molecule has 3 rings (SSSR count). The van der Waals surface area contributed by atoms with E-state index in [0.29, 0.717) is 29.2 Å². The monoisotopic (exact) mass is 360 g/mol. The van der Waals surface area contributed by atoms with E-state index in [2.05, 4.69) is 5.32 Å². The van der Waals surface area contributed by atoms with E-state index in [1.807, 2.05) is 6.07 Å². The Morgan fingerprint density at radius 1 is 1.36 bits per heavy atom. The Balaban J connectivity index is 1.56. The van der Waals surface area contributed by atoms with Gasteiger partial charge in [-0.05, 0) is 44.1 Å². The van der Waals surface area contributed by atoms with Crippen molar-refractivity contribution >= 4 is 34.0 Å². The molecule has 6 nitrogen and oxygen atoms in total. The quantitative estimate of drug-likeness (QED) is 0.833. The van der Waals surface area contributed by atoms with Gasteiger partial charge < -0.3 is 10.1 Å². The van der Waals surface area contributed by atoms with Crippen molar-refractivity contribution < 1.29 is 19.1 Å². The summed E-state index contributed by atoms with van der Waals surface area (Å²) in [6.07, 6.45) is 2.87. The van der Waals surface area contributed by atoms with Crippen LogP contribution in [-0.2, 0) is 19.1 Å². The van der Waals surface area contributed by atoms with Crippen LogP contribution in [0.5, 0.6) is 0 Å². The number of hydrogen-bond donors (Lipinski definition) is 1. The highest BCUT2D eigenvalue weighted by atomic mass is 32.1. The molecule has 0 saturated heterocycles. The highest BCUT2D eigenvalue weighted by Gasteiger charge is 2.42. The van der Waals surface area contributed by atoms with E-state index >= 15 is 0 Å². The Morgan fingerprint density at radius 2 is 2.04 bits per heavy atom. The minimum Gasteiger partial charge on any atom is -0.452 e. The summed E-state index contributed by atoms with van der Waals surface area (Å²) in [5, 5.41) is 13.8. The van der Waals surface area contributed by atoms with Crippen LogP contribution < -0.4 is 5.32 Å². The van der Waals surface area contributed by atoms with Gasteiger partial charge in [0.15, 0.2) is 6.10 Å². The first-order valence-corrected chi connectivity index (χ1v) is 9.40. The van der Waals surface area contributed by atoms with Crippen LogP contribution in [0.15, 0.2) is 11.4 Å². The van der Waals surface area contributed by atoms with Crippen LogP contribution in [0.4, 0.5) is 5.00 Å². The van der Waals surface area contributed by atoms with Gasteiger partial charge in [-0.2, -0.15) is 5.26 Å². The molecule has 4 atom stereocenters. The molecule has 2 aliphatic rings. The molecule has 2 saturated carbocycles. The van der Waals surface area contributed by atoms with Crippen molar-refractivity contribution in [3.05, 3.63) is 17.0 Å². The first-order chi connectivity index (χ1) is 12.0. The van der Waals surface area contributed by atoms with E-state index in [9.17, 15) is 14.4 Å². The molecule has 132 valence electrons. The third-order valence-corrected chi connectivity index (χ3v) is 5.90. The van der Waals surface area contributed by atoms with Crippen molar-refractivity contribution in [1.29, 1.82) is 5.26 Å². The van der Waals surface area contributed by atoms with Crippen molar-refractivity contribution in [3.8, 4) is 6.07 Å². The zero-order valence-corrected chi connectivity index (χ0v) is 14.8. The van der Waals surface area contributed by atoms with Gasteiger partial charge in [-0.25, -0.2) is 0 Å². The number of nitrogens with one attached hydrogen (secondary N) is 1. The molecule has 1 unspecified atom stereocenters. The maximum atomic E-state index is 12.4. The average molecular weight is 360 g/mol. The second-order valence-electron chi connectivity index (χ2n) is 6.74. The van der Waals surface area contributed by atoms with E-state index < -0.39 is 18.0 Å². The minimum atomic E-state index is -0.946. The molecule has 0 aliphatic heterocycles. The van der Waals surface area contributed by atoms with Gasteiger partial charge in [0.05, 0.1) is 11.5 Å². The second kappa shape index (κ2) is 7.36. The number of carbonyl (C=O) groups excluding carboxylic acids is 3. The van der Waals surface area contributed by atoms with Crippen LogP contribution in [-0.4, -0.2) is 23.8 Å². The molecular formula is C18H20N2O4S. The number of esters is 1. The average Bonchev–Trinajstić information content (AvgIpc) is 3.01. The summed E-state index contributed by atoms with van der Waals surface area (Å²) in [6, 6.07) is 3.61. The molecule has 0 radical (unpaired) electrons. The van der Waals surface area contributed by atoms with E-state index in [-0.39, 0.29) is 17.8 Å². The first kappa shape index (κ1) is 17.6. The van der Waals surface area contributed by atoms with Crippen molar-refractivity contribution in [1.82, 2.24) is 0 Å². The second-order valence-corrected chi connectivity index (χ2v) is 7.66. The summed E-state index contributed by atoms with van der Waals surface area (Å²) >= 11 is 1.25. The predicted molar refractivity (Wildman–Crippen MR) is 91.8 cm³/mol. The zero-order valence-electron chi connectivity index (χ0n) is 14.0. The third kappa shape index (κ3) is 3.74. The number of anilines is 1. The third-order valence-electron chi connectivity index (χ3n) is 5.07. The van der Waals surface area contributed by atoms with E-state index in [4.69, 9.17) is 10.00 Å². The number of amides is 1. The minimum absolute atomic E-state index is 0.0292. The number of ether oxygens (including phenoxy) is 1. The largest absolute Gasteiger partial charge is 0.452 e. The maximum absolute atomic E-state index is 12.4. The number of fused-ring (bicyclic) bond motifs is 2. The van der Waals surface area contributed by atoms with Gasteiger partial charge in [-0.15, -0.1) is 11.3 Å². The highest BCUT2D eigenvalue weighted by Crippen LogP contribution is 2.40. The summed E-state index contributed by atoms with van der Waals surface area (Å²) < 4.78 is 5.33.